The third-order valence-electron chi connectivity index (χ3n) is 6.70. The van der Waals surface area contributed by atoms with Crippen molar-refractivity contribution in [3.05, 3.63) is 78.0 Å². The van der Waals surface area contributed by atoms with Gasteiger partial charge in [0.2, 0.25) is 5.91 Å². The summed E-state index contributed by atoms with van der Waals surface area (Å²) in [4.78, 5) is 31.6. The molecule has 7 nitrogen and oxygen atoms in total. The molecule has 0 radical (unpaired) electrons. The molecule has 1 aromatic carbocycles. The molecule has 0 unspecified atom stereocenters. The number of piperidine rings is 1. The number of para-hydroxylation sites is 1. The number of nitrogens with one attached hydrogen (secondary N) is 1. The zero-order valence-corrected chi connectivity index (χ0v) is 18.6. The predicted molar refractivity (Wildman–Crippen MR) is 123 cm³/mol. The number of amides is 2. The summed E-state index contributed by atoms with van der Waals surface area (Å²) in [5, 5.41) is 2.95. The number of hydrogen-bond acceptors (Lipinski definition) is 5. The molecule has 1 spiro atoms. The van der Waals surface area contributed by atoms with E-state index >= 15 is 0 Å². The van der Waals surface area contributed by atoms with Crippen molar-refractivity contribution in [3.63, 3.8) is 0 Å². The molecule has 33 heavy (non-hydrogen) atoms. The Morgan fingerprint density at radius 3 is 2.70 bits per heavy atom. The summed E-state index contributed by atoms with van der Waals surface area (Å²) >= 11 is 0. The summed E-state index contributed by atoms with van der Waals surface area (Å²) in [5.41, 5.74) is 2.22. The molecule has 2 aliphatic heterocycles. The van der Waals surface area contributed by atoms with Crippen LogP contribution < -0.4 is 10.1 Å². The van der Waals surface area contributed by atoms with Crippen LogP contribution in [0, 0.1) is 6.92 Å². The SMILES string of the molecule is Cc1ccoc1C(=O)N1CCC2(CC1)C[C@@H](CC(=O)Nc1cccnc1)c1ccccc1O2. The topological polar surface area (TPSA) is 84.7 Å². The molecule has 170 valence electrons. The van der Waals surface area contributed by atoms with Gasteiger partial charge in [-0.1, -0.05) is 18.2 Å². The minimum Gasteiger partial charge on any atom is -0.487 e. The fourth-order valence-electron chi connectivity index (χ4n) is 4.96. The number of hydrogen-bond donors (Lipinski definition) is 1. The van der Waals surface area contributed by atoms with E-state index < -0.39 is 0 Å². The highest BCUT2D eigenvalue weighted by molar-refractivity contribution is 5.93. The number of likely N-dealkylation sites (tertiary alicyclic amines) is 1. The summed E-state index contributed by atoms with van der Waals surface area (Å²) in [5.74, 6) is 1.17. The molecule has 1 saturated heterocycles. The standard InChI is InChI=1S/C26H27N3O4/c1-18-8-14-32-24(18)25(31)29-12-9-26(10-13-29)16-19(21-6-2-3-7-22(21)33-26)15-23(30)28-20-5-4-11-27-17-20/h2-8,11,14,17,19H,9-10,12-13,15-16H2,1H3,(H,28,30)/t19-/m1/s1. The molecule has 2 aliphatic rings. The molecule has 1 N–H and O–H groups in total. The van der Waals surface area contributed by atoms with E-state index in [-0.39, 0.29) is 23.3 Å². The number of nitrogens with zero attached hydrogens (tertiary/aromatic N) is 2. The maximum absolute atomic E-state index is 12.9. The van der Waals surface area contributed by atoms with E-state index in [9.17, 15) is 9.59 Å². The third kappa shape index (κ3) is 4.35. The van der Waals surface area contributed by atoms with Crippen LogP contribution in [0.4, 0.5) is 5.69 Å². The molecular weight excluding hydrogens is 418 g/mol. The molecule has 1 fully saturated rings. The van der Waals surface area contributed by atoms with E-state index in [1.165, 1.54) is 0 Å². The van der Waals surface area contributed by atoms with Crippen LogP contribution in [0.2, 0.25) is 0 Å². The molecule has 4 heterocycles. The minimum atomic E-state index is -0.386. The minimum absolute atomic E-state index is 0.0410. The zero-order valence-electron chi connectivity index (χ0n) is 18.6. The van der Waals surface area contributed by atoms with Gasteiger partial charge in [-0.2, -0.15) is 0 Å². The van der Waals surface area contributed by atoms with Crippen LogP contribution in [0.5, 0.6) is 5.75 Å². The van der Waals surface area contributed by atoms with Gasteiger partial charge in [0.15, 0.2) is 5.76 Å². The van der Waals surface area contributed by atoms with Gasteiger partial charge in [-0.25, -0.2) is 0 Å². The largest absolute Gasteiger partial charge is 0.487 e. The van der Waals surface area contributed by atoms with Crippen LogP contribution in [-0.4, -0.2) is 40.4 Å². The van der Waals surface area contributed by atoms with E-state index in [0.29, 0.717) is 43.8 Å². The number of pyridine rings is 1. The van der Waals surface area contributed by atoms with Gasteiger partial charge in [-0.05, 0) is 43.2 Å². The molecule has 0 saturated carbocycles. The van der Waals surface area contributed by atoms with Crippen molar-refractivity contribution in [2.24, 2.45) is 0 Å². The normalized spacial score (nSPS) is 18.9. The van der Waals surface area contributed by atoms with Crippen LogP contribution in [-0.2, 0) is 4.79 Å². The highest BCUT2D eigenvalue weighted by atomic mass is 16.5. The number of aryl methyl sites for hydroxylation is 1. The van der Waals surface area contributed by atoms with Crippen molar-refractivity contribution < 1.29 is 18.7 Å². The van der Waals surface area contributed by atoms with Gasteiger partial charge in [0.05, 0.1) is 18.1 Å². The lowest BCUT2D eigenvalue weighted by atomic mass is 9.76. The maximum atomic E-state index is 12.9. The first-order valence-electron chi connectivity index (χ1n) is 11.3. The first kappa shape index (κ1) is 21.2. The van der Waals surface area contributed by atoms with E-state index in [1.54, 1.807) is 30.8 Å². The highest BCUT2D eigenvalue weighted by Crippen LogP contribution is 2.46. The van der Waals surface area contributed by atoms with Gasteiger partial charge in [-0.3, -0.25) is 14.6 Å². The van der Waals surface area contributed by atoms with Crippen LogP contribution in [0.15, 0.2) is 65.5 Å². The highest BCUT2D eigenvalue weighted by Gasteiger charge is 2.44. The number of aromatic nitrogens is 1. The number of benzene rings is 1. The molecule has 2 amide bonds. The second-order valence-electron chi connectivity index (χ2n) is 8.94. The lowest BCUT2D eigenvalue weighted by Crippen LogP contribution is -2.52. The van der Waals surface area contributed by atoms with Crippen molar-refractivity contribution in [1.82, 2.24) is 9.88 Å². The van der Waals surface area contributed by atoms with Gasteiger partial charge in [0.25, 0.3) is 5.91 Å². The third-order valence-corrected chi connectivity index (χ3v) is 6.70. The van der Waals surface area contributed by atoms with Crippen LogP contribution >= 0.6 is 0 Å². The molecule has 3 aromatic rings. The Morgan fingerprint density at radius 1 is 1.15 bits per heavy atom. The Morgan fingerprint density at radius 2 is 1.97 bits per heavy atom. The summed E-state index contributed by atoms with van der Waals surface area (Å²) < 4.78 is 11.9. The summed E-state index contributed by atoms with van der Waals surface area (Å²) in [7, 11) is 0. The Kier molecular flexibility index (Phi) is 5.62. The van der Waals surface area contributed by atoms with E-state index in [2.05, 4.69) is 10.3 Å². The van der Waals surface area contributed by atoms with Gasteiger partial charge in [-0.15, -0.1) is 0 Å². The van der Waals surface area contributed by atoms with E-state index in [4.69, 9.17) is 9.15 Å². The molecule has 1 atom stereocenters. The van der Waals surface area contributed by atoms with Crippen molar-refractivity contribution in [2.45, 2.75) is 44.1 Å². The molecule has 7 heteroatoms. The smallest absolute Gasteiger partial charge is 0.289 e. The van der Waals surface area contributed by atoms with Crippen molar-refractivity contribution >= 4 is 17.5 Å². The Labute approximate surface area is 192 Å². The number of fused-ring (bicyclic) bond motifs is 1. The van der Waals surface area contributed by atoms with Crippen LogP contribution in [0.1, 0.15) is 53.3 Å². The molecule has 0 bridgehead atoms. The summed E-state index contributed by atoms with van der Waals surface area (Å²) in [6, 6.07) is 13.4. The first-order chi connectivity index (χ1) is 16.0. The quantitative estimate of drug-likeness (QED) is 0.637. The number of carbonyl (C=O) groups excluding carboxylic acids is 2. The second kappa shape index (κ2) is 8.73. The van der Waals surface area contributed by atoms with E-state index in [0.717, 1.165) is 23.3 Å². The zero-order chi connectivity index (χ0) is 22.8. The fourth-order valence-corrected chi connectivity index (χ4v) is 4.96. The number of ether oxygens (including phenoxy) is 1. The number of anilines is 1. The number of furan rings is 1. The Bertz CT molecular complexity index is 1150. The van der Waals surface area contributed by atoms with Crippen LogP contribution in [0.3, 0.4) is 0 Å². The van der Waals surface area contributed by atoms with Gasteiger partial charge >= 0.3 is 0 Å². The van der Waals surface area contributed by atoms with Gasteiger partial charge in [0, 0.05) is 50.0 Å². The van der Waals surface area contributed by atoms with Crippen molar-refractivity contribution in [2.75, 3.05) is 18.4 Å². The maximum Gasteiger partial charge on any atom is 0.289 e. The monoisotopic (exact) mass is 445 g/mol. The molecular formula is C26H27N3O4. The fraction of sp³-hybridized carbons (Fsp3) is 0.346. The van der Waals surface area contributed by atoms with Gasteiger partial charge in [0.1, 0.15) is 11.4 Å². The van der Waals surface area contributed by atoms with Gasteiger partial charge < -0.3 is 19.4 Å². The molecule has 0 aliphatic carbocycles. The Hall–Kier alpha value is -3.61. The first-order valence-corrected chi connectivity index (χ1v) is 11.3. The predicted octanol–water partition coefficient (Wildman–Crippen LogP) is 4.55. The molecule has 5 rings (SSSR count). The number of carbonyl (C=O) groups is 2. The Balaban J connectivity index is 1.30. The molecule has 2 aromatic heterocycles. The average molecular weight is 446 g/mol. The second-order valence-corrected chi connectivity index (χ2v) is 8.94. The summed E-state index contributed by atoms with van der Waals surface area (Å²) in [6.07, 6.45) is 7.41. The summed E-state index contributed by atoms with van der Waals surface area (Å²) in [6.45, 7) is 3.07. The van der Waals surface area contributed by atoms with E-state index in [1.807, 2.05) is 42.2 Å². The van der Waals surface area contributed by atoms with Crippen molar-refractivity contribution in [3.8, 4) is 5.75 Å². The lowest BCUT2D eigenvalue weighted by molar-refractivity contribution is -0.117. The lowest BCUT2D eigenvalue weighted by Gasteiger charge is -2.46. The van der Waals surface area contributed by atoms with Crippen molar-refractivity contribution in [1.29, 1.82) is 0 Å². The number of rotatable bonds is 4. The van der Waals surface area contributed by atoms with Crippen LogP contribution in [0.25, 0.3) is 0 Å². The average Bonchev–Trinajstić information content (AvgIpc) is 3.25.